The third-order valence-electron chi connectivity index (χ3n) is 7.19. The fourth-order valence-electron chi connectivity index (χ4n) is 5.41. The summed E-state index contributed by atoms with van der Waals surface area (Å²) in [6.07, 6.45) is 0.970. The molecule has 3 aromatic carbocycles. The molecule has 0 saturated heterocycles. The van der Waals surface area contributed by atoms with E-state index in [9.17, 15) is 14.0 Å². The highest BCUT2D eigenvalue weighted by Gasteiger charge is 2.42. The number of rotatable bonds is 6. The van der Waals surface area contributed by atoms with E-state index in [1.165, 1.54) is 24.3 Å². The van der Waals surface area contributed by atoms with Gasteiger partial charge < -0.3 is 20.1 Å². The molecule has 2 N–H and O–H groups in total. The average Bonchev–Trinajstić information content (AvgIpc) is 2.93. The molecular weight excluding hydrogens is 483 g/mol. The molecule has 5 rings (SSSR count). The van der Waals surface area contributed by atoms with Crippen LogP contribution in [-0.2, 0) is 9.59 Å². The number of anilines is 1. The normalized spacial score (nSPS) is 19.0. The number of ketones is 1. The molecule has 0 bridgehead atoms. The van der Waals surface area contributed by atoms with Crippen molar-refractivity contribution in [3.05, 3.63) is 112 Å². The number of nitrogens with one attached hydrogen (secondary N) is 2. The first-order valence-corrected chi connectivity index (χ1v) is 12.5. The Labute approximate surface area is 221 Å². The number of amides is 1. The minimum absolute atomic E-state index is 0.0259. The molecule has 0 spiro atoms. The van der Waals surface area contributed by atoms with E-state index in [2.05, 4.69) is 10.6 Å². The molecule has 0 aromatic heterocycles. The lowest BCUT2D eigenvalue weighted by Gasteiger charge is -2.37. The summed E-state index contributed by atoms with van der Waals surface area (Å²) in [5.41, 5.74) is 4.61. The van der Waals surface area contributed by atoms with Gasteiger partial charge in [-0.05, 0) is 67.3 Å². The summed E-state index contributed by atoms with van der Waals surface area (Å²) in [6.45, 7) is 1.83. The Balaban J connectivity index is 1.62. The summed E-state index contributed by atoms with van der Waals surface area (Å²) in [7, 11) is 3.13. The number of ether oxygens (including phenoxy) is 2. The second-order valence-corrected chi connectivity index (χ2v) is 9.50. The van der Waals surface area contributed by atoms with Crippen molar-refractivity contribution in [3.63, 3.8) is 0 Å². The molecule has 2 atom stereocenters. The summed E-state index contributed by atoms with van der Waals surface area (Å²) in [5, 5.41) is 6.26. The van der Waals surface area contributed by atoms with Crippen LogP contribution in [0.5, 0.6) is 11.5 Å². The van der Waals surface area contributed by atoms with Gasteiger partial charge in [-0.15, -0.1) is 0 Å². The van der Waals surface area contributed by atoms with Crippen LogP contribution in [0.1, 0.15) is 42.7 Å². The number of halogens is 1. The largest absolute Gasteiger partial charge is 0.497 e. The standard InChI is InChI=1S/C31H29FN2O4/c1-18-28(31(36)34-22-11-9-21(32)10-12-22)29(24-17-23(37-2)13-14-27(24)38-3)30-25(33-18)15-20(16-26(30)35)19-7-5-4-6-8-19/h4-14,17,20,29,33H,15-16H2,1-3H3,(H,34,36)/t20-,29+/m0/s1. The van der Waals surface area contributed by atoms with Gasteiger partial charge in [0.1, 0.15) is 17.3 Å². The van der Waals surface area contributed by atoms with Crippen molar-refractivity contribution in [2.75, 3.05) is 19.5 Å². The van der Waals surface area contributed by atoms with Crippen molar-refractivity contribution < 1.29 is 23.5 Å². The molecule has 194 valence electrons. The lowest BCUT2D eigenvalue weighted by molar-refractivity contribution is -0.116. The van der Waals surface area contributed by atoms with E-state index < -0.39 is 11.7 Å². The minimum atomic E-state index is -0.680. The van der Waals surface area contributed by atoms with Crippen molar-refractivity contribution in [2.24, 2.45) is 0 Å². The van der Waals surface area contributed by atoms with E-state index in [0.29, 0.717) is 52.4 Å². The van der Waals surface area contributed by atoms with Gasteiger partial charge in [-0.1, -0.05) is 30.3 Å². The van der Waals surface area contributed by atoms with E-state index >= 15 is 0 Å². The van der Waals surface area contributed by atoms with Crippen molar-refractivity contribution in [3.8, 4) is 11.5 Å². The van der Waals surface area contributed by atoms with Gasteiger partial charge in [0.2, 0.25) is 0 Å². The summed E-state index contributed by atoms with van der Waals surface area (Å²) in [4.78, 5) is 27.6. The van der Waals surface area contributed by atoms with E-state index in [-0.39, 0.29) is 17.6 Å². The highest BCUT2D eigenvalue weighted by atomic mass is 19.1. The van der Waals surface area contributed by atoms with Gasteiger partial charge >= 0.3 is 0 Å². The Bertz CT molecular complexity index is 1440. The molecule has 0 radical (unpaired) electrons. The molecular formula is C31H29FN2O4. The van der Waals surface area contributed by atoms with E-state index in [4.69, 9.17) is 9.47 Å². The van der Waals surface area contributed by atoms with Crippen LogP contribution in [0.15, 0.2) is 95.3 Å². The molecule has 1 heterocycles. The zero-order valence-corrected chi connectivity index (χ0v) is 21.5. The van der Waals surface area contributed by atoms with Gasteiger partial charge in [-0.25, -0.2) is 4.39 Å². The third-order valence-corrected chi connectivity index (χ3v) is 7.19. The maximum absolute atomic E-state index is 13.9. The number of dihydropyridines is 1. The van der Waals surface area contributed by atoms with Crippen LogP contribution in [0.4, 0.5) is 10.1 Å². The summed E-state index contributed by atoms with van der Waals surface area (Å²) in [5.74, 6) is -0.327. The quantitative estimate of drug-likeness (QED) is 0.434. The smallest absolute Gasteiger partial charge is 0.254 e. The number of methoxy groups -OCH3 is 2. The predicted molar refractivity (Wildman–Crippen MR) is 144 cm³/mol. The zero-order chi connectivity index (χ0) is 26.8. The molecule has 0 saturated carbocycles. The van der Waals surface area contributed by atoms with E-state index in [0.717, 1.165) is 11.3 Å². The van der Waals surface area contributed by atoms with Crippen molar-refractivity contribution >= 4 is 17.4 Å². The SMILES string of the molecule is COc1ccc(OC)c([C@@H]2C(C(=O)Nc3ccc(F)cc3)=C(C)NC3=C2C(=O)C[C@@H](c2ccccc2)C3)c1. The summed E-state index contributed by atoms with van der Waals surface area (Å²) < 4.78 is 24.6. The van der Waals surface area contributed by atoms with Gasteiger partial charge in [0.05, 0.1) is 20.1 Å². The number of allylic oxidation sites excluding steroid dienone is 3. The first-order chi connectivity index (χ1) is 18.4. The lowest BCUT2D eigenvalue weighted by atomic mass is 9.71. The fourth-order valence-corrected chi connectivity index (χ4v) is 5.41. The second kappa shape index (κ2) is 10.5. The number of benzene rings is 3. The Hall–Kier alpha value is -4.39. The topological polar surface area (TPSA) is 76.7 Å². The second-order valence-electron chi connectivity index (χ2n) is 9.50. The lowest BCUT2D eigenvalue weighted by Crippen LogP contribution is -2.37. The molecule has 0 fully saturated rings. The van der Waals surface area contributed by atoms with Crippen molar-refractivity contribution in [2.45, 2.75) is 31.6 Å². The number of carbonyl (C=O) groups excluding carboxylic acids is 2. The van der Waals surface area contributed by atoms with Crippen LogP contribution < -0.4 is 20.1 Å². The van der Waals surface area contributed by atoms with Gasteiger partial charge in [0.15, 0.2) is 5.78 Å². The van der Waals surface area contributed by atoms with Crippen LogP contribution in [0.2, 0.25) is 0 Å². The molecule has 1 amide bonds. The van der Waals surface area contributed by atoms with Crippen LogP contribution in [-0.4, -0.2) is 25.9 Å². The van der Waals surface area contributed by atoms with E-state index in [1.54, 1.807) is 26.4 Å². The first-order valence-electron chi connectivity index (χ1n) is 12.5. The minimum Gasteiger partial charge on any atom is -0.497 e. The number of hydrogen-bond acceptors (Lipinski definition) is 5. The monoisotopic (exact) mass is 512 g/mol. The van der Waals surface area contributed by atoms with Crippen LogP contribution in [0.3, 0.4) is 0 Å². The maximum Gasteiger partial charge on any atom is 0.254 e. The van der Waals surface area contributed by atoms with Gasteiger partial charge in [0, 0.05) is 40.2 Å². The Morgan fingerprint density at radius 3 is 2.39 bits per heavy atom. The molecule has 38 heavy (non-hydrogen) atoms. The Morgan fingerprint density at radius 2 is 1.71 bits per heavy atom. The van der Waals surface area contributed by atoms with Crippen LogP contribution in [0, 0.1) is 5.82 Å². The maximum atomic E-state index is 13.9. The molecule has 6 nitrogen and oxygen atoms in total. The summed E-state index contributed by atoms with van der Waals surface area (Å²) in [6, 6.07) is 20.9. The zero-order valence-electron chi connectivity index (χ0n) is 21.5. The van der Waals surface area contributed by atoms with Crippen LogP contribution in [0.25, 0.3) is 0 Å². The Kier molecular flexibility index (Phi) is 7.01. The molecule has 2 aliphatic rings. The molecule has 1 aliphatic carbocycles. The van der Waals surface area contributed by atoms with Crippen molar-refractivity contribution in [1.82, 2.24) is 5.32 Å². The van der Waals surface area contributed by atoms with Gasteiger partial charge in [-0.2, -0.15) is 0 Å². The van der Waals surface area contributed by atoms with Gasteiger partial charge in [0.25, 0.3) is 5.91 Å². The number of Topliss-reactive ketones (excluding diaryl/α,β-unsaturated/α-hetero) is 1. The summed E-state index contributed by atoms with van der Waals surface area (Å²) >= 11 is 0. The van der Waals surface area contributed by atoms with Crippen LogP contribution >= 0.6 is 0 Å². The third kappa shape index (κ3) is 4.79. The highest BCUT2D eigenvalue weighted by molar-refractivity contribution is 6.10. The number of hydrogen-bond donors (Lipinski definition) is 2. The highest BCUT2D eigenvalue weighted by Crippen LogP contribution is 2.48. The molecule has 0 unspecified atom stereocenters. The molecule has 7 heteroatoms. The molecule has 1 aliphatic heterocycles. The first kappa shape index (κ1) is 25.3. The molecule has 3 aromatic rings. The fraction of sp³-hybridized carbons (Fsp3) is 0.226. The number of carbonyl (C=O) groups is 2. The average molecular weight is 513 g/mol. The van der Waals surface area contributed by atoms with Crippen molar-refractivity contribution in [1.29, 1.82) is 0 Å². The van der Waals surface area contributed by atoms with Gasteiger partial charge in [-0.3, -0.25) is 9.59 Å². The van der Waals surface area contributed by atoms with E-state index in [1.807, 2.05) is 43.3 Å². The predicted octanol–water partition coefficient (Wildman–Crippen LogP) is 5.84. The Morgan fingerprint density at radius 1 is 0.974 bits per heavy atom.